The van der Waals surface area contributed by atoms with Gasteiger partial charge in [0.2, 0.25) is 0 Å². The number of nitrogens with zero attached hydrogens (tertiary/aromatic N) is 2. The smallest absolute Gasteiger partial charge is 0.416 e. The normalized spacial score (nSPS) is 14.3. The van der Waals surface area contributed by atoms with Crippen LogP contribution in [0.4, 0.5) is 10.6 Å². The molecule has 29 heavy (non-hydrogen) atoms. The molecule has 0 atom stereocenters. The van der Waals surface area contributed by atoms with E-state index in [1.807, 2.05) is 57.2 Å². The van der Waals surface area contributed by atoms with Crippen LogP contribution in [0.15, 0.2) is 48.2 Å². The summed E-state index contributed by atoms with van der Waals surface area (Å²) in [5, 5.41) is 9.60. The number of anilines is 1. The largest absolute Gasteiger partial charge is 0.478 e. The molecule has 0 saturated heterocycles. The predicted octanol–water partition coefficient (Wildman–Crippen LogP) is 4.48. The Morgan fingerprint density at radius 3 is 2.62 bits per heavy atom. The lowest BCUT2D eigenvalue weighted by molar-refractivity contribution is -0.132. The number of hydrogen-bond donors (Lipinski definition) is 1. The van der Waals surface area contributed by atoms with Crippen LogP contribution >= 0.6 is 0 Å². The molecule has 1 aliphatic rings. The Kier molecular flexibility index (Phi) is 6.01. The van der Waals surface area contributed by atoms with Gasteiger partial charge in [0.15, 0.2) is 0 Å². The summed E-state index contributed by atoms with van der Waals surface area (Å²) in [5.74, 6) is -0.371. The van der Waals surface area contributed by atoms with E-state index in [-0.39, 0.29) is 5.57 Å². The summed E-state index contributed by atoms with van der Waals surface area (Å²) in [6.45, 7) is 6.05. The fourth-order valence-electron chi connectivity index (χ4n) is 3.26. The zero-order chi connectivity index (χ0) is 21.0. The van der Waals surface area contributed by atoms with Crippen molar-refractivity contribution in [2.24, 2.45) is 0 Å². The van der Waals surface area contributed by atoms with E-state index in [4.69, 9.17) is 4.74 Å². The number of carbonyl (C=O) groups excluding carboxylic acids is 1. The second kappa shape index (κ2) is 8.47. The Labute approximate surface area is 170 Å². The second-order valence-electron chi connectivity index (χ2n) is 8.12. The lowest BCUT2D eigenvalue weighted by Crippen LogP contribution is -2.40. The molecule has 0 radical (unpaired) electrons. The number of fused-ring (bicyclic) bond motifs is 1. The van der Waals surface area contributed by atoms with E-state index >= 15 is 0 Å². The molecule has 0 saturated carbocycles. The third-order valence-electron chi connectivity index (χ3n) is 4.51. The number of carboxylic acid groups (broad SMARTS) is 1. The maximum absolute atomic E-state index is 12.5. The monoisotopic (exact) mass is 394 g/mol. The van der Waals surface area contributed by atoms with Gasteiger partial charge >= 0.3 is 12.1 Å². The zero-order valence-electron chi connectivity index (χ0n) is 17.0. The van der Waals surface area contributed by atoms with E-state index in [9.17, 15) is 14.7 Å². The van der Waals surface area contributed by atoms with Gasteiger partial charge in [-0.2, -0.15) is 0 Å². The highest BCUT2D eigenvalue weighted by atomic mass is 16.6. The highest BCUT2D eigenvalue weighted by Crippen LogP contribution is 2.28. The van der Waals surface area contributed by atoms with Gasteiger partial charge in [-0.25, -0.2) is 14.6 Å². The summed E-state index contributed by atoms with van der Waals surface area (Å²) in [6, 6.07) is 11.4. The maximum atomic E-state index is 12.5. The first-order valence-electron chi connectivity index (χ1n) is 9.70. The van der Waals surface area contributed by atoms with Crippen molar-refractivity contribution in [2.75, 3.05) is 11.4 Å². The van der Waals surface area contributed by atoms with Gasteiger partial charge in [-0.15, -0.1) is 0 Å². The highest BCUT2D eigenvalue weighted by Gasteiger charge is 2.28. The minimum absolute atomic E-state index is 0.290. The van der Waals surface area contributed by atoms with Crippen molar-refractivity contribution in [3.05, 3.63) is 64.9 Å². The molecule has 1 N–H and O–H groups in total. The first kappa shape index (κ1) is 20.6. The Balaban J connectivity index is 1.86. The Morgan fingerprint density at radius 2 is 1.97 bits per heavy atom. The molecule has 6 nitrogen and oxygen atoms in total. The zero-order valence-corrected chi connectivity index (χ0v) is 17.0. The number of hydrogen-bond acceptors (Lipinski definition) is 4. The molecule has 1 amide bonds. The fraction of sp³-hybridized carbons (Fsp3) is 0.348. The molecule has 3 rings (SSSR count). The number of carboxylic acids is 1. The highest BCUT2D eigenvalue weighted by molar-refractivity contribution is 5.93. The van der Waals surface area contributed by atoms with Crippen molar-refractivity contribution >= 4 is 24.0 Å². The molecule has 1 aliphatic heterocycles. The Bertz CT molecular complexity index is 930. The van der Waals surface area contributed by atoms with Crippen LogP contribution in [0, 0.1) is 0 Å². The molecule has 1 aromatic carbocycles. The first-order valence-corrected chi connectivity index (χ1v) is 9.70. The molecule has 1 aromatic heterocycles. The number of carbonyl (C=O) groups is 2. The molecule has 2 heterocycles. The van der Waals surface area contributed by atoms with Crippen LogP contribution < -0.4 is 4.90 Å². The standard InChI is InChI=1S/C23H26N2O4/c1-23(2,3)29-22(28)25-11-7-10-18-13-17(15-24-20(18)25)14-19(21(26)27)12-16-8-5-4-6-9-16/h4-6,8-9,13-15H,7,10-12H2,1-3H3,(H,26,27). The van der Waals surface area contributed by atoms with Gasteiger partial charge in [-0.05, 0) is 62.4 Å². The number of amides is 1. The molecule has 0 spiro atoms. The van der Waals surface area contributed by atoms with E-state index in [1.165, 1.54) is 0 Å². The molecular formula is C23H26N2O4. The number of aromatic nitrogens is 1. The molecule has 0 unspecified atom stereocenters. The molecular weight excluding hydrogens is 368 g/mol. The molecule has 0 aliphatic carbocycles. The summed E-state index contributed by atoms with van der Waals surface area (Å²) in [6.07, 6.45) is 4.76. The van der Waals surface area contributed by atoms with Gasteiger partial charge in [0.25, 0.3) is 0 Å². The third kappa shape index (κ3) is 5.44. The van der Waals surface area contributed by atoms with Gasteiger partial charge in [0.05, 0.1) is 0 Å². The lowest BCUT2D eigenvalue weighted by Gasteiger charge is -2.30. The molecule has 0 bridgehead atoms. The molecule has 2 aromatic rings. The van der Waals surface area contributed by atoms with Crippen LogP contribution in [-0.2, 0) is 22.4 Å². The summed E-state index contributed by atoms with van der Waals surface area (Å²) >= 11 is 0. The van der Waals surface area contributed by atoms with Crippen molar-refractivity contribution in [3.63, 3.8) is 0 Å². The number of ether oxygens (including phenoxy) is 1. The van der Waals surface area contributed by atoms with E-state index in [1.54, 1.807) is 17.2 Å². The topological polar surface area (TPSA) is 79.7 Å². The van der Waals surface area contributed by atoms with E-state index in [2.05, 4.69) is 4.98 Å². The van der Waals surface area contributed by atoms with Crippen molar-refractivity contribution in [3.8, 4) is 0 Å². The predicted molar refractivity (Wildman–Crippen MR) is 112 cm³/mol. The number of rotatable bonds is 4. The van der Waals surface area contributed by atoms with Crippen molar-refractivity contribution < 1.29 is 19.4 Å². The molecule has 0 fully saturated rings. The van der Waals surface area contributed by atoms with Crippen LogP contribution in [0.1, 0.15) is 43.9 Å². The van der Waals surface area contributed by atoms with Gasteiger partial charge in [-0.1, -0.05) is 30.3 Å². The van der Waals surface area contributed by atoms with Gasteiger partial charge in [0, 0.05) is 24.7 Å². The first-order chi connectivity index (χ1) is 13.7. The lowest BCUT2D eigenvalue weighted by atomic mass is 10.0. The maximum Gasteiger partial charge on any atom is 0.416 e. The summed E-state index contributed by atoms with van der Waals surface area (Å²) in [4.78, 5) is 30.2. The van der Waals surface area contributed by atoms with Crippen LogP contribution in [0.3, 0.4) is 0 Å². The SMILES string of the molecule is CC(C)(C)OC(=O)N1CCCc2cc(C=C(Cc3ccccc3)C(=O)O)cnc21. The second-order valence-corrected chi connectivity index (χ2v) is 8.12. The minimum atomic E-state index is -0.957. The number of benzene rings is 1. The van der Waals surface area contributed by atoms with Crippen LogP contribution in [-0.4, -0.2) is 34.3 Å². The number of aliphatic carboxylic acids is 1. The van der Waals surface area contributed by atoms with Gasteiger partial charge in [0.1, 0.15) is 11.4 Å². The third-order valence-corrected chi connectivity index (χ3v) is 4.51. The molecule has 152 valence electrons. The average Bonchev–Trinajstić information content (AvgIpc) is 2.66. The van der Waals surface area contributed by atoms with E-state index in [0.29, 0.717) is 24.3 Å². The average molecular weight is 394 g/mol. The van der Waals surface area contributed by atoms with Crippen LogP contribution in [0.2, 0.25) is 0 Å². The fourth-order valence-corrected chi connectivity index (χ4v) is 3.26. The van der Waals surface area contributed by atoms with Crippen molar-refractivity contribution in [2.45, 2.75) is 45.6 Å². The van der Waals surface area contributed by atoms with E-state index < -0.39 is 17.7 Å². The number of aryl methyl sites for hydroxylation is 1. The van der Waals surface area contributed by atoms with Crippen LogP contribution in [0.25, 0.3) is 6.08 Å². The Morgan fingerprint density at radius 1 is 1.24 bits per heavy atom. The van der Waals surface area contributed by atoms with Gasteiger partial charge in [-0.3, -0.25) is 4.90 Å². The Hall–Kier alpha value is -3.15. The van der Waals surface area contributed by atoms with Crippen molar-refractivity contribution in [1.82, 2.24) is 4.98 Å². The van der Waals surface area contributed by atoms with Crippen LogP contribution in [0.5, 0.6) is 0 Å². The van der Waals surface area contributed by atoms with E-state index in [0.717, 1.165) is 24.0 Å². The number of pyridine rings is 1. The minimum Gasteiger partial charge on any atom is -0.478 e. The molecule has 6 heteroatoms. The quantitative estimate of drug-likeness (QED) is 0.774. The summed E-state index contributed by atoms with van der Waals surface area (Å²) in [5.41, 5.74) is 2.27. The summed E-state index contributed by atoms with van der Waals surface area (Å²) < 4.78 is 5.48. The summed E-state index contributed by atoms with van der Waals surface area (Å²) in [7, 11) is 0. The van der Waals surface area contributed by atoms with Gasteiger partial charge < -0.3 is 9.84 Å². The van der Waals surface area contributed by atoms with Crippen molar-refractivity contribution in [1.29, 1.82) is 0 Å².